The fraction of sp³-hybridized carbons (Fsp3) is 0.583. The van der Waals surface area contributed by atoms with Crippen molar-refractivity contribution in [3.8, 4) is 5.88 Å². The highest BCUT2D eigenvalue weighted by molar-refractivity contribution is 5.28. The Balaban J connectivity index is 2.80. The van der Waals surface area contributed by atoms with Gasteiger partial charge in [-0.25, -0.2) is 4.98 Å². The molecule has 15 heavy (non-hydrogen) atoms. The number of rotatable bonds is 6. The Kier molecular flexibility index (Phi) is 5.12. The summed E-state index contributed by atoms with van der Waals surface area (Å²) < 4.78 is 5.26. The number of unbranched alkanes of at least 4 members (excludes halogenated alkanes) is 1. The molecule has 0 fully saturated rings. The summed E-state index contributed by atoms with van der Waals surface area (Å²) in [5, 5.41) is 3.31. The molecule has 0 spiro atoms. The fourth-order valence-corrected chi connectivity index (χ4v) is 1.70. The first kappa shape index (κ1) is 12.0. The molecule has 0 saturated carbocycles. The zero-order valence-corrected chi connectivity index (χ0v) is 9.79. The van der Waals surface area contributed by atoms with Gasteiger partial charge in [-0.15, -0.1) is 0 Å². The number of methoxy groups -OCH3 is 1. The van der Waals surface area contributed by atoms with Crippen molar-refractivity contribution < 1.29 is 4.74 Å². The van der Waals surface area contributed by atoms with Crippen molar-refractivity contribution in [2.45, 2.75) is 32.2 Å². The lowest BCUT2D eigenvalue weighted by molar-refractivity contribution is 0.381. The van der Waals surface area contributed by atoms with Crippen LogP contribution in [-0.4, -0.2) is 19.1 Å². The molecule has 1 N–H and O–H groups in total. The summed E-state index contributed by atoms with van der Waals surface area (Å²) in [6, 6.07) is 4.37. The summed E-state index contributed by atoms with van der Waals surface area (Å²) in [5.41, 5.74) is 1.15. The van der Waals surface area contributed by atoms with Crippen LogP contribution >= 0.6 is 0 Å². The molecule has 0 aliphatic rings. The summed E-state index contributed by atoms with van der Waals surface area (Å²) >= 11 is 0. The van der Waals surface area contributed by atoms with E-state index >= 15 is 0 Å². The SMILES string of the molecule is CCCCC(NC)c1cccnc1OC. The number of ether oxygens (including phenoxy) is 1. The first-order valence-corrected chi connectivity index (χ1v) is 5.49. The van der Waals surface area contributed by atoms with Crippen molar-refractivity contribution in [2.75, 3.05) is 14.2 Å². The standard InChI is InChI=1S/C12H20N2O/c1-4-5-8-11(13-2)10-7-6-9-14-12(10)15-3/h6-7,9,11,13H,4-5,8H2,1-3H3. The molecule has 0 bridgehead atoms. The quantitative estimate of drug-likeness (QED) is 0.780. The van der Waals surface area contributed by atoms with Crippen LogP contribution in [0.2, 0.25) is 0 Å². The molecule has 1 unspecified atom stereocenters. The minimum absolute atomic E-state index is 0.341. The summed E-state index contributed by atoms with van der Waals surface area (Å²) in [6.45, 7) is 2.20. The average molecular weight is 208 g/mol. The van der Waals surface area contributed by atoms with Gasteiger partial charge in [0.2, 0.25) is 5.88 Å². The van der Waals surface area contributed by atoms with E-state index in [2.05, 4.69) is 23.3 Å². The Bertz CT molecular complexity index is 289. The molecule has 0 saturated heterocycles. The van der Waals surface area contributed by atoms with E-state index < -0.39 is 0 Å². The third-order valence-corrected chi connectivity index (χ3v) is 2.56. The van der Waals surface area contributed by atoms with Crippen LogP contribution in [0, 0.1) is 0 Å². The maximum absolute atomic E-state index is 5.26. The zero-order valence-electron chi connectivity index (χ0n) is 9.79. The van der Waals surface area contributed by atoms with Gasteiger partial charge < -0.3 is 10.1 Å². The van der Waals surface area contributed by atoms with Gasteiger partial charge in [-0.05, 0) is 19.5 Å². The lowest BCUT2D eigenvalue weighted by Crippen LogP contribution is -2.17. The molecule has 3 heteroatoms. The summed E-state index contributed by atoms with van der Waals surface area (Å²) in [6.07, 6.45) is 5.30. The first-order chi connectivity index (χ1) is 7.33. The molecule has 0 aromatic carbocycles. The highest BCUT2D eigenvalue weighted by Gasteiger charge is 2.13. The van der Waals surface area contributed by atoms with E-state index in [1.165, 1.54) is 12.8 Å². The molecule has 84 valence electrons. The van der Waals surface area contributed by atoms with Crippen molar-refractivity contribution in [1.29, 1.82) is 0 Å². The number of aromatic nitrogens is 1. The van der Waals surface area contributed by atoms with Crippen LogP contribution in [0.15, 0.2) is 18.3 Å². The second-order valence-electron chi connectivity index (χ2n) is 3.59. The molecule has 1 aromatic rings. The molecule has 1 heterocycles. The normalized spacial score (nSPS) is 12.5. The number of pyridine rings is 1. The lowest BCUT2D eigenvalue weighted by atomic mass is 10.0. The third kappa shape index (κ3) is 3.20. The Labute approximate surface area is 91.9 Å². The van der Waals surface area contributed by atoms with Crippen LogP contribution in [0.5, 0.6) is 5.88 Å². The molecule has 0 radical (unpaired) electrons. The Morgan fingerprint density at radius 1 is 1.53 bits per heavy atom. The maximum atomic E-state index is 5.26. The van der Waals surface area contributed by atoms with E-state index in [1.54, 1.807) is 13.3 Å². The van der Waals surface area contributed by atoms with Crippen molar-refractivity contribution in [3.05, 3.63) is 23.9 Å². The lowest BCUT2D eigenvalue weighted by Gasteiger charge is -2.17. The van der Waals surface area contributed by atoms with E-state index in [4.69, 9.17) is 4.74 Å². The Hall–Kier alpha value is -1.09. The van der Waals surface area contributed by atoms with E-state index in [1.807, 2.05) is 13.1 Å². The van der Waals surface area contributed by atoms with Gasteiger partial charge in [0.25, 0.3) is 0 Å². The molecule has 0 aliphatic carbocycles. The predicted octanol–water partition coefficient (Wildman–Crippen LogP) is 2.54. The van der Waals surface area contributed by atoms with Crippen LogP contribution in [0.25, 0.3) is 0 Å². The minimum Gasteiger partial charge on any atom is -0.481 e. The molecular formula is C12H20N2O. The monoisotopic (exact) mass is 208 g/mol. The molecule has 0 aliphatic heterocycles. The Morgan fingerprint density at radius 2 is 2.33 bits per heavy atom. The molecule has 1 aromatic heterocycles. The third-order valence-electron chi connectivity index (χ3n) is 2.56. The van der Waals surface area contributed by atoms with Crippen LogP contribution in [-0.2, 0) is 0 Å². The summed E-state index contributed by atoms with van der Waals surface area (Å²) in [5.74, 6) is 0.730. The maximum Gasteiger partial charge on any atom is 0.217 e. The van der Waals surface area contributed by atoms with Gasteiger partial charge in [-0.2, -0.15) is 0 Å². The van der Waals surface area contributed by atoms with Crippen molar-refractivity contribution >= 4 is 0 Å². The molecule has 0 amide bonds. The number of hydrogen-bond acceptors (Lipinski definition) is 3. The molecule has 3 nitrogen and oxygen atoms in total. The fourth-order valence-electron chi connectivity index (χ4n) is 1.70. The van der Waals surface area contributed by atoms with Crippen molar-refractivity contribution in [3.63, 3.8) is 0 Å². The smallest absolute Gasteiger partial charge is 0.217 e. The largest absolute Gasteiger partial charge is 0.481 e. The molecule has 1 atom stereocenters. The predicted molar refractivity (Wildman–Crippen MR) is 62.1 cm³/mol. The van der Waals surface area contributed by atoms with Crippen molar-refractivity contribution in [2.24, 2.45) is 0 Å². The highest BCUT2D eigenvalue weighted by atomic mass is 16.5. The minimum atomic E-state index is 0.341. The van der Waals surface area contributed by atoms with E-state index in [-0.39, 0.29) is 0 Å². The zero-order chi connectivity index (χ0) is 11.1. The molecular weight excluding hydrogens is 188 g/mol. The topological polar surface area (TPSA) is 34.2 Å². The van der Waals surface area contributed by atoms with E-state index in [9.17, 15) is 0 Å². The first-order valence-electron chi connectivity index (χ1n) is 5.49. The van der Waals surface area contributed by atoms with Gasteiger partial charge in [-0.3, -0.25) is 0 Å². The Morgan fingerprint density at radius 3 is 2.93 bits per heavy atom. The van der Waals surface area contributed by atoms with Crippen LogP contribution in [0.3, 0.4) is 0 Å². The van der Waals surface area contributed by atoms with Gasteiger partial charge >= 0.3 is 0 Å². The van der Waals surface area contributed by atoms with Crippen LogP contribution < -0.4 is 10.1 Å². The summed E-state index contributed by atoms with van der Waals surface area (Å²) in [4.78, 5) is 4.21. The number of hydrogen-bond donors (Lipinski definition) is 1. The van der Waals surface area contributed by atoms with Gasteiger partial charge in [-0.1, -0.05) is 25.8 Å². The van der Waals surface area contributed by atoms with Crippen LogP contribution in [0.4, 0.5) is 0 Å². The number of nitrogens with zero attached hydrogens (tertiary/aromatic N) is 1. The number of nitrogens with one attached hydrogen (secondary N) is 1. The van der Waals surface area contributed by atoms with Gasteiger partial charge in [0.05, 0.1) is 7.11 Å². The van der Waals surface area contributed by atoms with Crippen LogP contribution in [0.1, 0.15) is 37.8 Å². The summed E-state index contributed by atoms with van der Waals surface area (Å²) in [7, 11) is 3.64. The van der Waals surface area contributed by atoms with E-state index in [0.29, 0.717) is 6.04 Å². The molecule has 1 rings (SSSR count). The second kappa shape index (κ2) is 6.40. The highest BCUT2D eigenvalue weighted by Crippen LogP contribution is 2.25. The van der Waals surface area contributed by atoms with Gasteiger partial charge in [0.1, 0.15) is 0 Å². The second-order valence-corrected chi connectivity index (χ2v) is 3.59. The average Bonchev–Trinajstić information content (AvgIpc) is 2.30. The van der Waals surface area contributed by atoms with Gasteiger partial charge in [0.15, 0.2) is 0 Å². The van der Waals surface area contributed by atoms with Gasteiger partial charge in [0, 0.05) is 17.8 Å². The van der Waals surface area contributed by atoms with Crippen molar-refractivity contribution in [1.82, 2.24) is 10.3 Å². The van der Waals surface area contributed by atoms with E-state index in [0.717, 1.165) is 17.9 Å².